The highest BCUT2D eigenvalue weighted by molar-refractivity contribution is 6.02. The first-order chi connectivity index (χ1) is 14.7. The smallest absolute Gasteiger partial charge is 0.340 e. The van der Waals surface area contributed by atoms with Gasteiger partial charge < -0.3 is 10.1 Å². The Morgan fingerprint density at radius 2 is 1.81 bits per heavy atom. The number of pyridine rings is 1. The predicted octanol–water partition coefficient (Wildman–Crippen LogP) is 3.01. The molecule has 0 atom stereocenters. The summed E-state index contributed by atoms with van der Waals surface area (Å²) < 4.78 is 6.62. The second-order valence-electron chi connectivity index (χ2n) is 7.14. The summed E-state index contributed by atoms with van der Waals surface area (Å²) in [6.45, 7) is 6.97. The Balaban J connectivity index is 1.51. The van der Waals surface area contributed by atoms with Crippen LogP contribution in [0.5, 0.6) is 0 Å². The molecule has 0 fully saturated rings. The number of hydrogen-bond acceptors (Lipinski definition) is 6. The van der Waals surface area contributed by atoms with E-state index in [9.17, 15) is 14.4 Å². The molecular weight excluding hydrogens is 398 g/mol. The van der Waals surface area contributed by atoms with E-state index in [2.05, 4.69) is 20.7 Å². The van der Waals surface area contributed by atoms with Crippen LogP contribution in [0.3, 0.4) is 0 Å². The number of hydrogen-bond donors (Lipinski definition) is 2. The number of ether oxygens (including phenoxy) is 1. The number of nitrogens with zero attached hydrogens (tertiary/aromatic N) is 3. The highest BCUT2D eigenvalue weighted by Crippen LogP contribution is 2.15. The fraction of sp³-hybridized carbons (Fsp3) is 0.227. The molecule has 0 unspecified atom stereocenters. The van der Waals surface area contributed by atoms with E-state index in [1.54, 1.807) is 16.8 Å². The summed E-state index contributed by atoms with van der Waals surface area (Å²) in [5.74, 6) is -0.914. The molecule has 31 heavy (non-hydrogen) atoms. The molecule has 0 aliphatic rings. The van der Waals surface area contributed by atoms with Crippen LogP contribution in [0.25, 0.3) is 5.82 Å². The van der Waals surface area contributed by atoms with Crippen LogP contribution in [0, 0.1) is 27.7 Å². The fourth-order valence-corrected chi connectivity index (χ4v) is 2.98. The van der Waals surface area contributed by atoms with Gasteiger partial charge in [0.25, 0.3) is 5.91 Å². The van der Waals surface area contributed by atoms with Crippen LogP contribution in [-0.2, 0) is 9.53 Å². The number of anilines is 1. The SMILES string of the molecule is Cc1ccc(NC(=O)NC(=O)COC(=O)c2ccc(-n3nc(C)cc3C)nc2)c(C)c1. The minimum Gasteiger partial charge on any atom is -0.452 e. The third-order valence-electron chi connectivity index (χ3n) is 4.43. The number of amides is 3. The molecule has 0 bridgehead atoms. The van der Waals surface area contributed by atoms with Gasteiger partial charge in [-0.1, -0.05) is 17.7 Å². The zero-order chi connectivity index (χ0) is 22.5. The van der Waals surface area contributed by atoms with E-state index in [1.807, 2.05) is 45.9 Å². The number of nitrogens with one attached hydrogen (secondary N) is 2. The number of rotatable bonds is 5. The predicted molar refractivity (Wildman–Crippen MR) is 114 cm³/mol. The second kappa shape index (κ2) is 9.21. The van der Waals surface area contributed by atoms with E-state index < -0.39 is 24.5 Å². The van der Waals surface area contributed by atoms with Gasteiger partial charge in [-0.05, 0) is 57.5 Å². The van der Waals surface area contributed by atoms with E-state index >= 15 is 0 Å². The minimum atomic E-state index is -0.747. The van der Waals surface area contributed by atoms with Crippen LogP contribution in [0.15, 0.2) is 42.6 Å². The van der Waals surface area contributed by atoms with Gasteiger partial charge >= 0.3 is 12.0 Å². The molecule has 2 aromatic heterocycles. The summed E-state index contributed by atoms with van der Waals surface area (Å²) in [5, 5.41) is 9.04. The summed E-state index contributed by atoms with van der Waals surface area (Å²) in [4.78, 5) is 40.3. The average Bonchev–Trinajstić information content (AvgIpc) is 3.06. The van der Waals surface area contributed by atoms with Gasteiger partial charge in [0.05, 0.1) is 11.3 Å². The Kier molecular flexibility index (Phi) is 6.44. The molecule has 1 aromatic carbocycles. The Bertz CT molecular complexity index is 1140. The van der Waals surface area contributed by atoms with Gasteiger partial charge in [-0.15, -0.1) is 0 Å². The number of imide groups is 1. The van der Waals surface area contributed by atoms with Crippen molar-refractivity contribution in [2.45, 2.75) is 27.7 Å². The Morgan fingerprint density at radius 1 is 1.03 bits per heavy atom. The van der Waals surface area contributed by atoms with Crippen LogP contribution >= 0.6 is 0 Å². The van der Waals surface area contributed by atoms with Crippen LogP contribution in [-0.4, -0.2) is 39.3 Å². The second-order valence-corrected chi connectivity index (χ2v) is 7.14. The number of aromatic nitrogens is 3. The zero-order valence-electron chi connectivity index (χ0n) is 17.7. The van der Waals surface area contributed by atoms with E-state index in [1.165, 1.54) is 12.3 Å². The van der Waals surface area contributed by atoms with Gasteiger partial charge in [-0.3, -0.25) is 10.1 Å². The summed E-state index contributed by atoms with van der Waals surface area (Å²) >= 11 is 0. The number of carbonyl (C=O) groups excluding carboxylic acids is 3. The summed E-state index contributed by atoms with van der Waals surface area (Å²) in [6.07, 6.45) is 1.35. The maximum absolute atomic E-state index is 12.2. The molecule has 3 amide bonds. The standard InChI is InChI=1S/C22H23N5O4/c1-13-5-7-18(14(2)9-13)24-22(30)25-20(28)12-31-21(29)17-6-8-19(23-11-17)27-16(4)10-15(3)26-27/h5-11H,12H2,1-4H3,(H2,24,25,28,30). The number of carbonyl (C=O) groups is 3. The van der Waals surface area contributed by atoms with E-state index in [0.717, 1.165) is 22.5 Å². The van der Waals surface area contributed by atoms with Crippen LogP contribution in [0.1, 0.15) is 32.9 Å². The molecule has 0 aliphatic heterocycles. The first-order valence-electron chi connectivity index (χ1n) is 9.58. The Hall–Kier alpha value is -4.01. The lowest BCUT2D eigenvalue weighted by Gasteiger charge is -2.10. The monoisotopic (exact) mass is 421 g/mol. The van der Waals surface area contributed by atoms with Crippen molar-refractivity contribution >= 4 is 23.6 Å². The van der Waals surface area contributed by atoms with Crippen molar-refractivity contribution in [1.82, 2.24) is 20.1 Å². The highest BCUT2D eigenvalue weighted by Gasteiger charge is 2.14. The molecule has 0 saturated carbocycles. The fourth-order valence-electron chi connectivity index (χ4n) is 2.98. The topological polar surface area (TPSA) is 115 Å². The molecule has 3 rings (SSSR count). The highest BCUT2D eigenvalue weighted by atomic mass is 16.5. The van der Waals surface area contributed by atoms with Crippen LogP contribution in [0.4, 0.5) is 10.5 Å². The lowest BCUT2D eigenvalue weighted by Crippen LogP contribution is -2.37. The Morgan fingerprint density at radius 3 is 2.42 bits per heavy atom. The van der Waals surface area contributed by atoms with Gasteiger partial charge in [0.15, 0.2) is 12.4 Å². The number of esters is 1. The van der Waals surface area contributed by atoms with Gasteiger partial charge in [-0.25, -0.2) is 19.3 Å². The molecule has 0 saturated heterocycles. The molecule has 9 nitrogen and oxygen atoms in total. The van der Waals surface area contributed by atoms with E-state index in [0.29, 0.717) is 11.5 Å². The summed E-state index contributed by atoms with van der Waals surface area (Å²) in [7, 11) is 0. The number of urea groups is 1. The first kappa shape index (κ1) is 21.7. The van der Waals surface area contributed by atoms with Crippen molar-refractivity contribution in [3.05, 3.63) is 70.7 Å². The maximum Gasteiger partial charge on any atom is 0.340 e. The van der Waals surface area contributed by atoms with Crippen molar-refractivity contribution < 1.29 is 19.1 Å². The molecule has 0 radical (unpaired) electrons. The van der Waals surface area contributed by atoms with Crippen molar-refractivity contribution in [2.75, 3.05) is 11.9 Å². The van der Waals surface area contributed by atoms with Gasteiger partial charge in [0.1, 0.15) is 0 Å². The molecular formula is C22H23N5O4. The van der Waals surface area contributed by atoms with Crippen LogP contribution in [0.2, 0.25) is 0 Å². The normalized spacial score (nSPS) is 10.5. The molecule has 2 heterocycles. The van der Waals surface area contributed by atoms with Crippen molar-refractivity contribution in [2.24, 2.45) is 0 Å². The molecule has 2 N–H and O–H groups in total. The number of benzene rings is 1. The number of aryl methyl sites for hydroxylation is 4. The lowest BCUT2D eigenvalue weighted by molar-refractivity contribution is -0.123. The van der Waals surface area contributed by atoms with Crippen molar-refractivity contribution in [1.29, 1.82) is 0 Å². The maximum atomic E-state index is 12.2. The van der Waals surface area contributed by atoms with Gasteiger partial charge in [0.2, 0.25) is 0 Å². The zero-order valence-corrected chi connectivity index (χ0v) is 17.7. The van der Waals surface area contributed by atoms with Crippen molar-refractivity contribution in [3.8, 4) is 5.82 Å². The Labute approximate surface area is 179 Å². The lowest BCUT2D eigenvalue weighted by atomic mass is 10.1. The molecule has 160 valence electrons. The quantitative estimate of drug-likeness (QED) is 0.612. The molecule has 9 heteroatoms. The van der Waals surface area contributed by atoms with E-state index in [-0.39, 0.29) is 5.56 Å². The molecule has 0 aliphatic carbocycles. The van der Waals surface area contributed by atoms with Gasteiger partial charge in [-0.2, -0.15) is 5.10 Å². The first-order valence-corrected chi connectivity index (χ1v) is 9.58. The summed E-state index contributed by atoms with van der Waals surface area (Å²) in [6, 6.07) is 9.88. The molecule has 0 spiro atoms. The van der Waals surface area contributed by atoms with Crippen LogP contribution < -0.4 is 10.6 Å². The average molecular weight is 421 g/mol. The minimum absolute atomic E-state index is 0.179. The third kappa shape index (κ3) is 5.53. The largest absolute Gasteiger partial charge is 0.452 e. The molecule has 3 aromatic rings. The van der Waals surface area contributed by atoms with Crippen molar-refractivity contribution in [3.63, 3.8) is 0 Å². The summed E-state index contributed by atoms with van der Waals surface area (Å²) in [5.41, 5.74) is 4.46. The third-order valence-corrected chi connectivity index (χ3v) is 4.43. The van der Waals surface area contributed by atoms with Gasteiger partial charge in [0, 0.05) is 17.6 Å². The van der Waals surface area contributed by atoms with E-state index in [4.69, 9.17) is 4.74 Å².